The molecule has 3 aromatic rings. The first-order valence-corrected chi connectivity index (χ1v) is 9.43. The number of amides is 1. The number of morpholine rings is 1. The normalized spacial score (nSPS) is 17.2. The Balaban J connectivity index is 1.52. The summed E-state index contributed by atoms with van der Waals surface area (Å²) >= 11 is 0. The van der Waals surface area contributed by atoms with Crippen molar-refractivity contribution < 1.29 is 22.7 Å². The Morgan fingerprint density at radius 1 is 1.17 bits per heavy atom. The Labute approximate surface area is 170 Å². The van der Waals surface area contributed by atoms with Gasteiger partial charge in [0.2, 0.25) is 0 Å². The molecule has 1 atom stereocenters. The van der Waals surface area contributed by atoms with Gasteiger partial charge in [0.25, 0.3) is 5.91 Å². The number of carbonyl (C=O) groups excluding carboxylic acids is 1. The van der Waals surface area contributed by atoms with Crippen LogP contribution in [-0.2, 0) is 17.3 Å². The van der Waals surface area contributed by atoms with Gasteiger partial charge in [0.15, 0.2) is 0 Å². The summed E-state index contributed by atoms with van der Waals surface area (Å²) in [6, 6.07) is 12.3. The van der Waals surface area contributed by atoms with Crippen LogP contribution in [0.25, 0.3) is 0 Å². The summed E-state index contributed by atoms with van der Waals surface area (Å²) in [5.41, 5.74) is 0.975. The second-order valence-electron chi connectivity index (χ2n) is 6.97. The lowest BCUT2D eigenvalue weighted by molar-refractivity contribution is -0.138. The number of aromatic nitrogens is 3. The molecular formula is C21H19F3N4O2. The van der Waals surface area contributed by atoms with Crippen molar-refractivity contribution in [2.45, 2.75) is 18.7 Å². The molecule has 0 spiro atoms. The highest BCUT2D eigenvalue weighted by Crippen LogP contribution is 2.33. The maximum Gasteiger partial charge on any atom is 0.416 e. The molecule has 1 unspecified atom stereocenters. The number of hydrogen-bond acceptors (Lipinski definition) is 4. The summed E-state index contributed by atoms with van der Waals surface area (Å²) in [7, 11) is 0. The van der Waals surface area contributed by atoms with E-state index < -0.39 is 17.8 Å². The van der Waals surface area contributed by atoms with E-state index in [1.165, 1.54) is 18.3 Å². The largest absolute Gasteiger partial charge is 0.416 e. The smallest absolute Gasteiger partial charge is 0.368 e. The van der Waals surface area contributed by atoms with Gasteiger partial charge in [-0.3, -0.25) is 14.9 Å². The van der Waals surface area contributed by atoms with E-state index in [1.807, 2.05) is 0 Å². The number of hydrogen-bond donors (Lipinski definition) is 1. The molecule has 0 radical (unpaired) electrons. The third-order valence-corrected chi connectivity index (χ3v) is 4.94. The summed E-state index contributed by atoms with van der Waals surface area (Å²) in [5, 5.41) is 6.45. The van der Waals surface area contributed by atoms with Crippen molar-refractivity contribution in [2.24, 2.45) is 0 Å². The number of rotatable bonds is 4. The van der Waals surface area contributed by atoms with E-state index in [0.29, 0.717) is 36.8 Å². The molecule has 1 amide bonds. The predicted octanol–water partition coefficient (Wildman–Crippen LogP) is 3.63. The van der Waals surface area contributed by atoms with Crippen LogP contribution in [0.1, 0.15) is 39.1 Å². The van der Waals surface area contributed by atoms with Crippen molar-refractivity contribution >= 4 is 5.91 Å². The molecule has 4 rings (SSSR count). The SMILES string of the molecule is O=C(c1ccn[nH]1)N1CCOC(c2cccc(Cc3ccccc3C(F)(F)F)n2)C1. The zero-order valence-corrected chi connectivity index (χ0v) is 15.9. The van der Waals surface area contributed by atoms with Gasteiger partial charge in [-0.1, -0.05) is 24.3 Å². The molecule has 2 aromatic heterocycles. The van der Waals surface area contributed by atoms with E-state index in [-0.39, 0.29) is 17.9 Å². The maximum atomic E-state index is 13.3. The van der Waals surface area contributed by atoms with Gasteiger partial charge in [0.1, 0.15) is 11.8 Å². The van der Waals surface area contributed by atoms with E-state index in [9.17, 15) is 18.0 Å². The summed E-state index contributed by atoms with van der Waals surface area (Å²) < 4.78 is 45.6. The average molecular weight is 416 g/mol. The van der Waals surface area contributed by atoms with Gasteiger partial charge in [-0.25, -0.2) is 0 Å². The lowest BCUT2D eigenvalue weighted by atomic mass is 10.0. The van der Waals surface area contributed by atoms with Crippen molar-refractivity contribution in [1.29, 1.82) is 0 Å². The van der Waals surface area contributed by atoms with Crippen LogP contribution >= 0.6 is 0 Å². The average Bonchev–Trinajstić information content (AvgIpc) is 3.28. The first-order chi connectivity index (χ1) is 14.4. The number of halogens is 3. The lowest BCUT2D eigenvalue weighted by Gasteiger charge is -2.32. The van der Waals surface area contributed by atoms with Gasteiger partial charge in [-0.05, 0) is 29.8 Å². The molecule has 0 aliphatic carbocycles. The lowest BCUT2D eigenvalue weighted by Crippen LogP contribution is -2.42. The highest BCUT2D eigenvalue weighted by Gasteiger charge is 2.33. The quantitative estimate of drug-likeness (QED) is 0.705. The van der Waals surface area contributed by atoms with Crippen LogP contribution in [0.4, 0.5) is 13.2 Å². The molecule has 1 aromatic carbocycles. The molecule has 6 nitrogen and oxygen atoms in total. The zero-order chi connectivity index (χ0) is 21.1. The Morgan fingerprint density at radius 2 is 2.00 bits per heavy atom. The fourth-order valence-electron chi connectivity index (χ4n) is 3.48. The van der Waals surface area contributed by atoms with Gasteiger partial charge < -0.3 is 9.64 Å². The van der Waals surface area contributed by atoms with Gasteiger partial charge in [0, 0.05) is 24.9 Å². The molecule has 9 heteroatoms. The van der Waals surface area contributed by atoms with Crippen LogP contribution < -0.4 is 0 Å². The Morgan fingerprint density at radius 3 is 2.77 bits per heavy atom. The van der Waals surface area contributed by atoms with E-state index >= 15 is 0 Å². The van der Waals surface area contributed by atoms with Gasteiger partial charge in [-0.15, -0.1) is 0 Å². The van der Waals surface area contributed by atoms with Crippen molar-refractivity contribution in [3.05, 3.63) is 82.9 Å². The molecular weight excluding hydrogens is 397 g/mol. The second kappa shape index (κ2) is 8.27. The number of alkyl halides is 3. The van der Waals surface area contributed by atoms with Crippen LogP contribution in [-0.4, -0.2) is 45.7 Å². The van der Waals surface area contributed by atoms with E-state index in [4.69, 9.17) is 4.74 Å². The summed E-state index contributed by atoms with van der Waals surface area (Å²) in [5.74, 6) is -0.184. The number of pyridine rings is 1. The fourth-order valence-corrected chi connectivity index (χ4v) is 3.48. The molecule has 1 aliphatic heterocycles. The predicted molar refractivity (Wildman–Crippen MR) is 102 cm³/mol. The second-order valence-corrected chi connectivity index (χ2v) is 6.97. The van der Waals surface area contributed by atoms with E-state index in [1.54, 1.807) is 35.2 Å². The number of aromatic amines is 1. The minimum atomic E-state index is -4.42. The molecule has 1 fully saturated rings. The number of nitrogens with one attached hydrogen (secondary N) is 1. The number of benzene rings is 1. The molecule has 1 N–H and O–H groups in total. The number of H-pyrrole nitrogens is 1. The molecule has 0 bridgehead atoms. The van der Waals surface area contributed by atoms with Gasteiger partial charge in [0.05, 0.1) is 24.4 Å². The van der Waals surface area contributed by atoms with Crippen LogP contribution in [0.2, 0.25) is 0 Å². The Hall–Kier alpha value is -3.20. The number of nitrogens with zero attached hydrogens (tertiary/aromatic N) is 3. The summed E-state index contributed by atoms with van der Waals surface area (Å²) in [6.45, 7) is 1.08. The van der Waals surface area contributed by atoms with Crippen LogP contribution in [0.15, 0.2) is 54.7 Å². The standard InChI is InChI=1S/C21H19F3N4O2/c22-21(23,24)16-6-2-1-4-14(16)12-15-5-3-7-17(26-15)19-13-28(10-11-30-19)20(29)18-8-9-25-27-18/h1-9,19H,10-13H2,(H,25,27). The topological polar surface area (TPSA) is 71.1 Å². The van der Waals surface area contributed by atoms with Crippen molar-refractivity contribution in [3.8, 4) is 0 Å². The molecule has 0 saturated carbocycles. The van der Waals surface area contributed by atoms with Crippen LogP contribution in [0.5, 0.6) is 0 Å². The number of carbonyl (C=O) groups is 1. The molecule has 1 saturated heterocycles. The van der Waals surface area contributed by atoms with Crippen molar-refractivity contribution in [2.75, 3.05) is 19.7 Å². The van der Waals surface area contributed by atoms with Gasteiger partial charge in [-0.2, -0.15) is 18.3 Å². The molecule has 1 aliphatic rings. The fraction of sp³-hybridized carbons (Fsp3) is 0.286. The minimum absolute atomic E-state index is 0.0486. The van der Waals surface area contributed by atoms with Gasteiger partial charge >= 0.3 is 6.18 Å². The first kappa shape index (κ1) is 20.1. The first-order valence-electron chi connectivity index (χ1n) is 9.43. The third-order valence-electron chi connectivity index (χ3n) is 4.94. The third kappa shape index (κ3) is 4.35. The zero-order valence-electron chi connectivity index (χ0n) is 15.9. The monoisotopic (exact) mass is 416 g/mol. The Kier molecular flexibility index (Phi) is 5.54. The maximum absolute atomic E-state index is 13.3. The minimum Gasteiger partial charge on any atom is -0.368 e. The van der Waals surface area contributed by atoms with Crippen molar-refractivity contribution in [3.63, 3.8) is 0 Å². The summed E-state index contributed by atoms with van der Waals surface area (Å²) in [6.07, 6.45) is -3.32. The van der Waals surface area contributed by atoms with Crippen molar-refractivity contribution in [1.82, 2.24) is 20.1 Å². The molecule has 30 heavy (non-hydrogen) atoms. The summed E-state index contributed by atoms with van der Waals surface area (Å²) in [4.78, 5) is 18.7. The van der Waals surface area contributed by atoms with E-state index in [2.05, 4.69) is 15.2 Å². The van der Waals surface area contributed by atoms with Crippen LogP contribution in [0, 0.1) is 0 Å². The van der Waals surface area contributed by atoms with Crippen LogP contribution in [0.3, 0.4) is 0 Å². The van der Waals surface area contributed by atoms with E-state index in [0.717, 1.165) is 6.07 Å². The molecule has 156 valence electrons. The highest BCUT2D eigenvalue weighted by molar-refractivity contribution is 5.92. The number of ether oxygens (including phenoxy) is 1. The Bertz CT molecular complexity index is 1020. The molecule has 3 heterocycles. The highest BCUT2D eigenvalue weighted by atomic mass is 19.4.